The highest BCUT2D eigenvalue weighted by Crippen LogP contribution is 2.31. The Bertz CT molecular complexity index is 1090. The molecule has 1 aromatic heterocycles. The van der Waals surface area contributed by atoms with Crippen molar-refractivity contribution in [3.05, 3.63) is 47.4 Å². The number of anilines is 1. The van der Waals surface area contributed by atoms with Gasteiger partial charge in [0.15, 0.2) is 0 Å². The monoisotopic (exact) mass is 465 g/mol. The molecule has 0 aliphatic rings. The molecule has 0 unspecified atom stereocenters. The molecule has 1 aromatic carbocycles. The number of aliphatic hydroxyl groups excluding tert-OH is 1. The molecule has 1 heterocycles. The minimum atomic E-state index is -3.62. The number of benzene rings is 1. The van der Waals surface area contributed by atoms with Gasteiger partial charge in [0.25, 0.3) is 0 Å². The summed E-state index contributed by atoms with van der Waals surface area (Å²) in [7, 11) is -2.27. The zero-order valence-corrected chi connectivity index (χ0v) is 19.3. The van der Waals surface area contributed by atoms with E-state index < -0.39 is 27.9 Å². The standard InChI is InChI=1S/C22H28FN3O5S/c1-14(2)20-18(13-12-17(27)6-5-7-19(28)29)21(15-8-10-16(23)11-9-15)25-22(24-20)26(3)32(4,30)31/h8-14,17,27H,5-7H2,1-4H3,(H,28,29)/b13-12+/t17-/m0/s1. The molecular weight excluding hydrogens is 437 g/mol. The van der Waals surface area contributed by atoms with Crippen molar-refractivity contribution >= 4 is 28.0 Å². The highest BCUT2D eigenvalue weighted by atomic mass is 32.2. The molecule has 174 valence electrons. The Morgan fingerprint density at radius 3 is 2.38 bits per heavy atom. The van der Waals surface area contributed by atoms with E-state index in [2.05, 4.69) is 9.97 Å². The molecular formula is C22H28FN3O5S. The molecule has 0 saturated heterocycles. The lowest BCUT2D eigenvalue weighted by Crippen LogP contribution is -2.27. The van der Waals surface area contributed by atoms with Gasteiger partial charge in [-0.15, -0.1) is 0 Å². The van der Waals surface area contributed by atoms with E-state index in [0.29, 0.717) is 28.9 Å². The van der Waals surface area contributed by atoms with Crippen LogP contribution in [0.2, 0.25) is 0 Å². The smallest absolute Gasteiger partial charge is 0.303 e. The van der Waals surface area contributed by atoms with Crippen molar-refractivity contribution in [1.82, 2.24) is 9.97 Å². The predicted octanol–water partition coefficient (Wildman–Crippen LogP) is 3.43. The lowest BCUT2D eigenvalue weighted by molar-refractivity contribution is -0.137. The normalized spacial score (nSPS) is 13.0. The average molecular weight is 466 g/mol. The van der Waals surface area contributed by atoms with E-state index in [1.165, 1.54) is 37.4 Å². The van der Waals surface area contributed by atoms with Crippen molar-refractivity contribution in [2.45, 2.75) is 45.1 Å². The van der Waals surface area contributed by atoms with Gasteiger partial charge >= 0.3 is 5.97 Å². The quantitative estimate of drug-likeness (QED) is 0.551. The number of nitrogens with zero attached hydrogens (tertiary/aromatic N) is 3. The molecule has 0 radical (unpaired) electrons. The number of carboxylic acid groups (broad SMARTS) is 1. The van der Waals surface area contributed by atoms with Gasteiger partial charge in [0.2, 0.25) is 16.0 Å². The lowest BCUT2D eigenvalue weighted by atomic mass is 9.97. The first-order valence-corrected chi connectivity index (χ1v) is 11.9. The number of aliphatic carboxylic acids is 1. The minimum Gasteiger partial charge on any atom is -0.481 e. The molecule has 0 amide bonds. The number of hydrogen-bond donors (Lipinski definition) is 2. The molecule has 0 aliphatic carbocycles. The maximum absolute atomic E-state index is 13.5. The largest absolute Gasteiger partial charge is 0.481 e. The summed E-state index contributed by atoms with van der Waals surface area (Å²) in [5, 5.41) is 19.0. The van der Waals surface area contributed by atoms with Crippen molar-refractivity contribution in [2.75, 3.05) is 17.6 Å². The van der Waals surface area contributed by atoms with Crippen LogP contribution in [0.1, 0.15) is 50.3 Å². The SMILES string of the molecule is CC(C)c1nc(N(C)S(C)(=O)=O)nc(-c2ccc(F)cc2)c1/C=C/[C@@H](O)CCCC(=O)O. The Morgan fingerprint density at radius 1 is 1.22 bits per heavy atom. The summed E-state index contributed by atoms with van der Waals surface area (Å²) >= 11 is 0. The van der Waals surface area contributed by atoms with Crippen molar-refractivity contribution in [3.63, 3.8) is 0 Å². The van der Waals surface area contributed by atoms with E-state index in [4.69, 9.17) is 5.11 Å². The summed E-state index contributed by atoms with van der Waals surface area (Å²) in [4.78, 5) is 19.6. The topological polar surface area (TPSA) is 121 Å². The van der Waals surface area contributed by atoms with E-state index in [1.54, 1.807) is 6.08 Å². The molecule has 2 N–H and O–H groups in total. The zero-order valence-electron chi connectivity index (χ0n) is 18.5. The Labute approximate surface area is 187 Å². The summed E-state index contributed by atoms with van der Waals surface area (Å²) in [6, 6.07) is 5.63. The number of rotatable bonds is 10. The fraction of sp³-hybridized carbons (Fsp3) is 0.409. The number of aliphatic hydroxyl groups is 1. The molecule has 1 atom stereocenters. The van der Waals surface area contributed by atoms with Gasteiger partial charge in [-0.25, -0.2) is 27.1 Å². The van der Waals surface area contributed by atoms with Gasteiger partial charge in [0.05, 0.1) is 23.7 Å². The minimum absolute atomic E-state index is 0.0188. The van der Waals surface area contributed by atoms with Gasteiger partial charge in [0.1, 0.15) is 5.82 Å². The number of aromatic nitrogens is 2. The van der Waals surface area contributed by atoms with Gasteiger partial charge in [0, 0.05) is 24.6 Å². The molecule has 0 saturated carbocycles. The van der Waals surface area contributed by atoms with Crippen molar-refractivity contribution in [2.24, 2.45) is 0 Å². The number of carbonyl (C=O) groups is 1. The molecule has 0 fully saturated rings. The van der Waals surface area contributed by atoms with Crippen LogP contribution in [0, 0.1) is 5.82 Å². The van der Waals surface area contributed by atoms with Crippen LogP contribution in [0.4, 0.5) is 10.3 Å². The number of hydrogen-bond acceptors (Lipinski definition) is 6. The second-order valence-electron chi connectivity index (χ2n) is 7.78. The van der Waals surface area contributed by atoms with Crippen molar-refractivity contribution in [1.29, 1.82) is 0 Å². The van der Waals surface area contributed by atoms with Crippen LogP contribution in [0.5, 0.6) is 0 Å². The van der Waals surface area contributed by atoms with Gasteiger partial charge in [-0.1, -0.05) is 26.0 Å². The molecule has 0 aliphatic heterocycles. The maximum atomic E-state index is 13.5. The Kier molecular flexibility index (Phi) is 8.45. The number of halogens is 1. The van der Waals surface area contributed by atoms with E-state index >= 15 is 0 Å². The van der Waals surface area contributed by atoms with Crippen molar-refractivity contribution < 1.29 is 27.8 Å². The summed E-state index contributed by atoms with van der Waals surface area (Å²) in [6.07, 6.45) is 3.87. The predicted molar refractivity (Wildman–Crippen MR) is 121 cm³/mol. The fourth-order valence-electron chi connectivity index (χ4n) is 2.96. The van der Waals surface area contributed by atoms with E-state index in [-0.39, 0.29) is 24.7 Å². The van der Waals surface area contributed by atoms with Crippen LogP contribution in [0.3, 0.4) is 0 Å². The van der Waals surface area contributed by atoms with Crippen LogP contribution in [0.15, 0.2) is 30.3 Å². The average Bonchev–Trinajstić information content (AvgIpc) is 2.70. The molecule has 2 aromatic rings. The van der Waals surface area contributed by atoms with E-state index in [0.717, 1.165) is 10.6 Å². The van der Waals surface area contributed by atoms with Gasteiger partial charge in [-0.3, -0.25) is 4.79 Å². The van der Waals surface area contributed by atoms with Crippen LogP contribution < -0.4 is 4.31 Å². The Balaban J connectivity index is 2.60. The molecule has 8 nitrogen and oxygen atoms in total. The second kappa shape index (κ2) is 10.6. The third-order valence-electron chi connectivity index (χ3n) is 4.78. The highest BCUT2D eigenvalue weighted by Gasteiger charge is 2.22. The van der Waals surface area contributed by atoms with E-state index in [1.807, 2.05) is 13.8 Å². The lowest BCUT2D eigenvalue weighted by Gasteiger charge is -2.20. The third kappa shape index (κ3) is 6.83. The molecule has 10 heteroatoms. The summed E-state index contributed by atoms with van der Waals surface area (Å²) in [6.45, 7) is 3.78. The van der Waals surface area contributed by atoms with Gasteiger partial charge in [-0.05, 0) is 43.0 Å². The van der Waals surface area contributed by atoms with Gasteiger partial charge < -0.3 is 10.2 Å². The molecule has 0 bridgehead atoms. The maximum Gasteiger partial charge on any atom is 0.303 e. The van der Waals surface area contributed by atoms with Crippen molar-refractivity contribution in [3.8, 4) is 11.3 Å². The van der Waals surface area contributed by atoms with Crippen LogP contribution in [-0.4, -0.2) is 54.0 Å². The molecule has 2 rings (SSSR count). The zero-order chi connectivity index (χ0) is 24.1. The summed E-state index contributed by atoms with van der Waals surface area (Å²) in [5.41, 5.74) is 2.07. The first-order chi connectivity index (χ1) is 14.9. The van der Waals surface area contributed by atoms with Crippen LogP contribution >= 0.6 is 0 Å². The summed E-state index contributed by atoms with van der Waals surface area (Å²) in [5.74, 6) is -1.49. The summed E-state index contributed by atoms with van der Waals surface area (Å²) < 4.78 is 38.6. The number of carboxylic acids is 1. The Morgan fingerprint density at radius 2 is 1.84 bits per heavy atom. The molecule has 0 spiro atoms. The first kappa shape index (κ1) is 25.4. The highest BCUT2D eigenvalue weighted by molar-refractivity contribution is 7.92. The number of sulfonamides is 1. The third-order valence-corrected chi connectivity index (χ3v) is 5.94. The van der Waals surface area contributed by atoms with Gasteiger partial charge in [-0.2, -0.15) is 0 Å². The first-order valence-electron chi connectivity index (χ1n) is 10.1. The van der Waals surface area contributed by atoms with E-state index in [9.17, 15) is 22.7 Å². The second-order valence-corrected chi connectivity index (χ2v) is 9.79. The molecule has 32 heavy (non-hydrogen) atoms. The van der Waals surface area contributed by atoms with Crippen LogP contribution in [-0.2, 0) is 14.8 Å². The Hall–Kier alpha value is -2.85. The fourth-order valence-corrected chi connectivity index (χ4v) is 3.34. The van der Waals surface area contributed by atoms with Crippen LogP contribution in [0.25, 0.3) is 17.3 Å².